The van der Waals surface area contributed by atoms with Crippen molar-refractivity contribution in [3.8, 4) is 5.75 Å². The van der Waals surface area contributed by atoms with E-state index in [2.05, 4.69) is 4.74 Å². The lowest BCUT2D eigenvalue weighted by atomic mass is 10.1. The van der Waals surface area contributed by atoms with E-state index in [4.69, 9.17) is 4.74 Å². The van der Waals surface area contributed by atoms with Crippen molar-refractivity contribution in [1.29, 1.82) is 0 Å². The third kappa shape index (κ3) is 4.51. The van der Waals surface area contributed by atoms with Gasteiger partial charge >= 0.3 is 5.97 Å². The number of hydrogen-bond acceptors (Lipinski definition) is 4. The molecule has 0 aliphatic heterocycles. The lowest BCUT2D eigenvalue weighted by Gasteiger charge is -1.99. The van der Waals surface area contributed by atoms with Gasteiger partial charge in [-0.05, 0) is 23.8 Å². The average molecular weight is 234 g/mol. The van der Waals surface area contributed by atoms with Gasteiger partial charge in [0.25, 0.3) is 0 Å². The second-order valence-electron chi connectivity index (χ2n) is 3.33. The fourth-order valence-corrected chi connectivity index (χ4v) is 1.21. The summed E-state index contributed by atoms with van der Waals surface area (Å²) in [5.74, 6) is -0.113. The molecule has 0 saturated carbocycles. The molecule has 0 aromatic heterocycles. The van der Waals surface area contributed by atoms with Gasteiger partial charge in [-0.3, -0.25) is 9.59 Å². The van der Waals surface area contributed by atoms with Gasteiger partial charge in [-0.25, -0.2) is 0 Å². The Morgan fingerprint density at radius 1 is 1.29 bits per heavy atom. The van der Waals surface area contributed by atoms with Gasteiger partial charge in [0.05, 0.1) is 14.2 Å². The molecule has 0 N–H and O–H groups in total. The molecule has 0 amide bonds. The highest BCUT2D eigenvalue weighted by Crippen LogP contribution is 2.13. The number of allylic oxidation sites excluding steroid dienone is 1. The lowest BCUT2D eigenvalue weighted by molar-refractivity contribution is -0.142. The van der Waals surface area contributed by atoms with E-state index in [1.54, 1.807) is 19.3 Å². The van der Waals surface area contributed by atoms with Crippen LogP contribution in [0.25, 0.3) is 6.08 Å². The van der Waals surface area contributed by atoms with Gasteiger partial charge in [-0.1, -0.05) is 18.2 Å². The molecule has 0 heterocycles. The number of ether oxygens (including phenoxy) is 2. The van der Waals surface area contributed by atoms with Crippen LogP contribution in [0.2, 0.25) is 0 Å². The molecule has 0 saturated heterocycles. The van der Waals surface area contributed by atoms with Crippen LogP contribution in [0.15, 0.2) is 30.3 Å². The summed E-state index contributed by atoms with van der Waals surface area (Å²) < 4.78 is 9.45. The average Bonchev–Trinajstić information content (AvgIpc) is 2.36. The second kappa shape index (κ2) is 6.48. The third-order valence-electron chi connectivity index (χ3n) is 2.10. The van der Waals surface area contributed by atoms with E-state index in [1.165, 1.54) is 13.2 Å². The van der Waals surface area contributed by atoms with E-state index >= 15 is 0 Å². The summed E-state index contributed by atoms with van der Waals surface area (Å²) in [5, 5.41) is 0. The van der Waals surface area contributed by atoms with Crippen LogP contribution in [-0.2, 0) is 14.3 Å². The molecule has 0 aliphatic rings. The highest BCUT2D eigenvalue weighted by atomic mass is 16.5. The smallest absolute Gasteiger partial charge is 0.313 e. The maximum Gasteiger partial charge on any atom is 0.313 e. The number of benzene rings is 1. The van der Waals surface area contributed by atoms with Crippen LogP contribution in [0, 0.1) is 0 Å². The highest BCUT2D eigenvalue weighted by Gasteiger charge is 2.05. The van der Waals surface area contributed by atoms with Gasteiger partial charge < -0.3 is 9.47 Å². The lowest BCUT2D eigenvalue weighted by Crippen LogP contribution is -2.06. The number of esters is 1. The summed E-state index contributed by atoms with van der Waals surface area (Å²) in [6.07, 6.45) is 2.75. The van der Waals surface area contributed by atoms with Crippen LogP contribution in [0.1, 0.15) is 12.0 Å². The largest absolute Gasteiger partial charge is 0.497 e. The van der Waals surface area contributed by atoms with Crippen molar-refractivity contribution in [2.45, 2.75) is 6.42 Å². The first kappa shape index (κ1) is 13.0. The van der Waals surface area contributed by atoms with E-state index < -0.39 is 5.97 Å². The SMILES string of the molecule is COC(=O)CC(=O)/C=C/c1cccc(OC)c1. The maximum atomic E-state index is 11.3. The zero-order valence-corrected chi connectivity index (χ0v) is 9.80. The van der Waals surface area contributed by atoms with Crippen LogP contribution >= 0.6 is 0 Å². The normalized spacial score (nSPS) is 10.2. The predicted molar refractivity (Wildman–Crippen MR) is 63.7 cm³/mol. The molecule has 0 aliphatic carbocycles. The van der Waals surface area contributed by atoms with Crippen molar-refractivity contribution in [3.63, 3.8) is 0 Å². The summed E-state index contributed by atoms with van der Waals surface area (Å²) >= 11 is 0. The Balaban J connectivity index is 2.63. The van der Waals surface area contributed by atoms with E-state index in [1.807, 2.05) is 18.2 Å². The number of ketones is 1. The first-order valence-electron chi connectivity index (χ1n) is 5.07. The standard InChI is InChI=1S/C13H14O4/c1-16-12-5-3-4-10(8-12)6-7-11(14)9-13(15)17-2/h3-8H,9H2,1-2H3/b7-6+. The van der Waals surface area contributed by atoms with Crippen LogP contribution < -0.4 is 4.74 Å². The number of carbonyl (C=O) groups excluding carboxylic acids is 2. The minimum absolute atomic E-state index is 0.239. The number of methoxy groups -OCH3 is 2. The Morgan fingerprint density at radius 3 is 2.71 bits per heavy atom. The molecular formula is C13H14O4. The fourth-order valence-electron chi connectivity index (χ4n) is 1.21. The molecule has 0 atom stereocenters. The molecule has 0 bridgehead atoms. The molecule has 17 heavy (non-hydrogen) atoms. The molecule has 1 aromatic rings. The molecular weight excluding hydrogens is 220 g/mol. The summed E-state index contributed by atoms with van der Waals surface area (Å²) in [5.41, 5.74) is 0.836. The first-order valence-corrected chi connectivity index (χ1v) is 5.07. The quantitative estimate of drug-likeness (QED) is 0.443. The summed E-state index contributed by atoms with van der Waals surface area (Å²) in [6, 6.07) is 7.27. The summed E-state index contributed by atoms with van der Waals surface area (Å²) in [6.45, 7) is 0. The van der Waals surface area contributed by atoms with Gasteiger partial charge in [0, 0.05) is 0 Å². The van der Waals surface area contributed by atoms with Crippen LogP contribution in [0.5, 0.6) is 5.75 Å². The number of hydrogen-bond donors (Lipinski definition) is 0. The Bertz CT molecular complexity index is 435. The number of rotatable bonds is 5. The third-order valence-corrected chi connectivity index (χ3v) is 2.10. The molecule has 0 fully saturated rings. The van der Waals surface area contributed by atoms with Gasteiger partial charge in [0.15, 0.2) is 5.78 Å². The Kier molecular flexibility index (Phi) is 4.94. The Hall–Kier alpha value is -2.10. The first-order chi connectivity index (χ1) is 8.15. The fraction of sp³-hybridized carbons (Fsp3) is 0.231. The zero-order chi connectivity index (χ0) is 12.7. The summed E-state index contributed by atoms with van der Waals surface area (Å²) in [7, 11) is 2.83. The van der Waals surface area contributed by atoms with Gasteiger partial charge in [-0.15, -0.1) is 0 Å². The van der Waals surface area contributed by atoms with Crippen LogP contribution in [0.3, 0.4) is 0 Å². The van der Waals surface area contributed by atoms with Crippen molar-refractivity contribution in [2.24, 2.45) is 0 Å². The molecule has 90 valence electrons. The van der Waals surface area contributed by atoms with Crippen molar-refractivity contribution >= 4 is 17.8 Å². The van der Waals surface area contributed by atoms with E-state index in [0.29, 0.717) is 5.75 Å². The van der Waals surface area contributed by atoms with Crippen LogP contribution in [-0.4, -0.2) is 26.0 Å². The van der Waals surface area contributed by atoms with Gasteiger partial charge in [0.2, 0.25) is 0 Å². The molecule has 1 rings (SSSR count). The molecule has 4 heteroatoms. The highest BCUT2D eigenvalue weighted by molar-refractivity contribution is 6.03. The van der Waals surface area contributed by atoms with Crippen molar-refractivity contribution in [3.05, 3.63) is 35.9 Å². The van der Waals surface area contributed by atoms with Gasteiger partial charge in [0.1, 0.15) is 12.2 Å². The topological polar surface area (TPSA) is 52.6 Å². The number of carbonyl (C=O) groups is 2. The molecule has 0 radical (unpaired) electrons. The predicted octanol–water partition coefficient (Wildman–Crippen LogP) is 1.84. The zero-order valence-electron chi connectivity index (χ0n) is 9.80. The summed E-state index contributed by atoms with van der Waals surface area (Å²) in [4.78, 5) is 22.2. The van der Waals surface area contributed by atoms with E-state index in [9.17, 15) is 9.59 Å². The molecule has 0 spiro atoms. The molecule has 4 nitrogen and oxygen atoms in total. The molecule has 0 unspecified atom stereocenters. The Morgan fingerprint density at radius 2 is 2.06 bits per heavy atom. The van der Waals surface area contributed by atoms with Crippen molar-refractivity contribution in [1.82, 2.24) is 0 Å². The van der Waals surface area contributed by atoms with Crippen LogP contribution in [0.4, 0.5) is 0 Å². The van der Waals surface area contributed by atoms with Gasteiger partial charge in [-0.2, -0.15) is 0 Å². The van der Waals surface area contributed by atoms with Crippen molar-refractivity contribution in [2.75, 3.05) is 14.2 Å². The minimum atomic E-state index is -0.537. The van der Waals surface area contributed by atoms with E-state index in [0.717, 1.165) is 5.56 Å². The minimum Gasteiger partial charge on any atom is -0.497 e. The maximum absolute atomic E-state index is 11.3. The second-order valence-corrected chi connectivity index (χ2v) is 3.33. The Labute approximate surface area is 99.8 Å². The monoisotopic (exact) mass is 234 g/mol. The van der Waals surface area contributed by atoms with Crippen molar-refractivity contribution < 1.29 is 19.1 Å². The molecule has 1 aromatic carbocycles. The van der Waals surface area contributed by atoms with E-state index in [-0.39, 0.29) is 12.2 Å².